The van der Waals surface area contributed by atoms with E-state index in [-0.39, 0.29) is 28.4 Å². The predicted molar refractivity (Wildman–Crippen MR) is 76.4 cm³/mol. The Kier molecular flexibility index (Phi) is 3.81. The fraction of sp³-hybridized carbons (Fsp3) is 0.200. The highest BCUT2D eigenvalue weighted by atomic mass is 19.4. The van der Waals surface area contributed by atoms with Crippen molar-refractivity contribution in [3.63, 3.8) is 0 Å². The van der Waals surface area contributed by atoms with Crippen LogP contribution >= 0.6 is 0 Å². The van der Waals surface area contributed by atoms with E-state index in [1.54, 1.807) is 6.92 Å². The number of nitrogens with one attached hydrogen (secondary N) is 1. The third-order valence-electron chi connectivity index (χ3n) is 3.30. The zero-order valence-corrected chi connectivity index (χ0v) is 12.3. The summed E-state index contributed by atoms with van der Waals surface area (Å²) in [5.74, 6) is 0.438. The van der Waals surface area contributed by atoms with Gasteiger partial charge in [0, 0.05) is 12.0 Å². The predicted octanol–water partition coefficient (Wildman–Crippen LogP) is 3.58. The number of alkyl halides is 3. The maximum atomic E-state index is 12.9. The molecule has 0 atom stereocenters. The van der Waals surface area contributed by atoms with E-state index in [4.69, 9.17) is 9.68 Å². The molecular formula is C15H10F3N5O. The van der Waals surface area contributed by atoms with E-state index in [1.165, 1.54) is 12.1 Å². The second-order valence-electron chi connectivity index (χ2n) is 4.85. The Hall–Kier alpha value is -3.15. The highest BCUT2D eigenvalue weighted by molar-refractivity contribution is 5.77. The van der Waals surface area contributed by atoms with Crippen LogP contribution in [0.3, 0.4) is 0 Å². The summed E-state index contributed by atoms with van der Waals surface area (Å²) >= 11 is 0. The van der Waals surface area contributed by atoms with Gasteiger partial charge in [-0.05, 0) is 12.1 Å². The van der Waals surface area contributed by atoms with Crippen LogP contribution < -0.4 is 0 Å². The molecule has 0 amide bonds. The molecule has 2 aromatic heterocycles. The molecule has 9 heteroatoms. The quantitative estimate of drug-likeness (QED) is 0.791. The number of H-pyrrole nitrogens is 1. The molecule has 0 aliphatic carbocycles. The van der Waals surface area contributed by atoms with Crippen molar-refractivity contribution in [2.24, 2.45) is 0 Å². The van der Waals surface area contributed by atoms with Gasteiger partial charge in [0.1, 0.15) is 11.8 Å². The summed E-state index contributed by atoms with van der Waals surface area (Å²) in [5, 5.41) is 18.9. The van der Waals surface area contributed by atoms with E-state index in [2.05, 4.69) is 20.4 Å². The van der Waals surface area contributed by atoms with E-state index >= 15 is 0 Å². The van der Waals surface area contributed by atoms with Gasteiger partial charge in [0.2, 0.25) is 0 Å². The average molecular weight is 333 g/mol. The number of rotatable bonds is 3. The van der Waals surface area contributed by atoms with E-state index in [0.717, 1.165) is 12.1 Å². The lowest BCUT2D eigenvalue weighted by molar-refractivity contribution is -0.137. The molecule has 0 fully saturated rings. The van der Waals surface area contributed by atoms with Crippen molar-refractivity contribution < 1.29 is 17.6 Å². The monoisotopic (exact) mass is 333 g/mol. The molecule has 2 heterocycles. The van der Waals surface area contributed by atoms with E-state index < -0.39 is 11.7 Å². The van der Waals surface area contributed by atoms with Crippen molar-refractivity contribution in [2.75, 3.05) is 0 Å². The minimum absolute atomic E-state index is 0.0146. The molecule has 1 aromatic carbocycles. The Labute approximate surface area is 133 Å². The minimum Gasteiger partial charge on any atom is -0.440 e. The first-order valence-corrected chi connectivity index (χ1v) is 6.92. The highest BCUT2D eigenvalue weighted by Gasteiger charge is 2.31. The molecule has 0 saturated carbocycles. The molecule has 1 N–H and O–H groups in total. The maximum Gasteiger partial charge on any atom is 0.416 e. The number of nitriles is 1. The van der Waals surface area contributed by atoms with Gasteiger partial charge in [0.05, 0.1) is 5.56 Å². The number of nitrogens with zero attached hydrogens (tertiary/aromatic N) is 4. The number of oxazole rings is 1. The molecule has 0 aliphatic rings. The van der Waals surface area contributed by atoms with Gasteiger partial charge in [-0.3, -0.25) is 0 Å². The van der Waals surface area contributed by atoms with Crippen LogP contribution in [0.2, 0.25) is 0 Å². The van der Waals surface area contributed by atoms with Crippen molar-refractivity contribution in [1.29, 1.82) is 5.26 Å². The summed E-state index contributed by atoms with van der Waals surface area (Å²) in [6.45, 7) is 1.79. The maximum absolute atomic E-state index is 12.9. The second kappa shape index (κ2) is 5.81. The molecule has 3 aromatic rings. The Morgan fingerprint density at radius 3 is 2.71 bits per heavy atom. The summed E-state index contributed by atoms with van der Waals surface area (Å²) in [6, 6.07) is 6.55. The smallest absolute Gasteiger partial charge is 0.416 e. The van der Waals surface area contributed by atoms with Gasteiger partial charge in [0.15, 0.2) is 23.0 Å². The Morgan fingerprint density at radius 1 is 1.25 bits per heavy atom. The molecule has 3 rings (SSSR count). The van der Waals surface area contributed by atoms with E-state index in [1.807, 2.05) is 6.07 Å². The fourth-order valence-corrected chi connectivity index (χ4v) is 2.18. The van der Waals surface area contributed by atoms with E-state index in [9.17, 15) is 13.2 Å². The lowest BCUT2D eigenvalue weighted by Gasteiger charge is -2.07. The first-order chi connectivity index (χ1) is 11.4. The molecular weight excluding hydrogens is 323 g/mol. The number of hydrogen-bond acceptors (Lipinski definition) is 5. The van der Waals surface area contributed by atoms with Crippen LogP contribution in [0, 0.1) is 11.3 Å². The van der Waals surface area contributed by atoms with Crippen LogP contribution in [-0.4, -0.2) is 20.4 Å². The normalized spacial score (nSPS) is 11.5. The third-order valence-corrected chi connectivity index (χ3v) is 3.30. The van der Waals surface area contributed by atoms with Crippen LogP contribution in [0.4, 0.5) is 13.2 Å². The van der Waals surface area contributed by atoms with Crippen LogP contribution in [0.5, 0.6) is 0 Å². The van der Waals surface area contributed by atoms with Crippen molar-refractivity contribution in [1.82, 2.24) is 20.4 Å². The Morgan fingerprint density at radius 2 is 2.04 bits per heavy atom. The van der Waals surface area contributed by atoms with Crippen molar-refractivity contribution in [2.45, 2.75) is 19.5 Å². The van der Waals surface area contributed by atoms with Crippen LogP contribution in [0.1, 0.15) is 24.1 Å². The van der Waals surface area contributed by atoms with Crippen molar-refractivity contribution >= 4 is 0 Å². The lowest BCUT2D eigenvalue weighted by atomic mass is 10.1. The SMILES string of the molecule is CCc1nc(-c2n[nH]nc2C#N)c(-c2cccc(C(F)(F)F)c2)o1. The number of hydrogen-bond donors (Lipinski definition) is 1. The molecule has 122 valence electrons. The Bertz CT molecular complexity index is 920. The fourth-order valence-electron chi connectivity index (χ4n) is 2.18. The number of halogens is 3. The zero-order valence-electron chi connectivity index (χ0n) is 12.3. The lowest BCUT2D eigenvalue weighted by Crippen LogP contribution is -2.04. The molecule has 24 heavy (non-hydrogen) atoms. The van der Waals surface area contributed by atoms with E-state index in [0.29, 0.717) is 12.3 Å². The molecule has 0 radical (unpaired) electrons. The van der Waals surface area contributed by atoms with Gasteiger partial charge in [-0.15, -0.1) is 5.10 Å². The van der Waals surface area contributed by atoms with Crippen molar-refractivity contribution in [3.8, 4) is 28.8 Å². The third kappa shape index (κ3) is 2.74. The van der Waals surface area contributed by atoms with Gasteiger partial charge < -0.3 is 4.42 Å². The molecule has 0 unspecified atom stereocenters. The summed E-state index contributed by atoms with van der Waals surface area (Å²) < 4.78 is 44.4. The average Bonchev–Trinajstić information content (AvgIpc) is 3.20. The molecule has 0 aliphatic heterocycles. The number of aryl methyl sites for hydroxylation is 1. The van der Waals surface area contributed by atoms with Gasteiger partial charge in [-0.25, -0.2) is 4.98 Å². The first-order valence-electron chi connectivity index (χ1n) is 6.92. The van der Waals surface area contributed by atoms with Crippen LogP contribution in [0.25, 0.3) is 22.7 Å². The first kappa shape index (κ1) is 15.7. The van der Waals surface area contributed by atoms with Crippen LogP contribution in [0.15, 0.2) is 28.7 Å². The summed E-state index contributed by atoms with van der Waals surface area (Å²) in [4.78, 5) is 4.23. The molecule has 6 nitrogen and oxygen atoms in total. The zero-order chi connectivity index (χ0) is 17.3. The second-order valence-corrected chi connectivity index (χ2v) is 4.85. The Balaban J connectivity index is 2.19. The summed E-state index contributed by atoms with van der Waals surface area (Å²) in [5.41, 5.74) is -0.316. The standard InChI is InChI=1S/C15H10F3N5O/c1-2-11-20-13(12-10(7-19)21-23-22-12)14(24-11)8-4-3-5-9(6-8)15(16,17)18/h3-6H,2H2,1H3,(H,21,22,23). The highest BCUT2D eigenvalue weighted by Crippen LogP contribution is 2.36. The number of benzene rings is 1. The number of aromatic amines is 1. The molecule has 0 spiro atoms. The summed E-state index contributed by atoms with van der Waals surface area (Å²) in [6.07, 6.45) is -4.04. The van der Waals surface area contributed by atoms with Gasteiger partial charge >= 0.3 is 6.18 Å². The topological polar surface area (TPSA) is 91.4 Å². The van der Waals surface area contributed by atoms with Gasteiger partial charge in [0.25, 0.3) is 0 Å². The summed E-state index contributed by atoms with van der Waals surface area (Å²) in [7, 11) is 0. The largest absolute Gasteiger partial charge is 0.440 e. The van der Waals surface area contributed by atoms with Crippen LogP contribution in [-0.2, 0) is 12.6 Å². The van der Waals surface area contributed by atoms with Gasteiger partial charge in [-0.2, -0.15) is 28.7 Å². The van der Waals surface area contributed by atoms with Gasteiger partial charge in [-0.1, -0.05) is 19.1 Å². The van der Waals surface area contributed by atoms with Crippen molar-refractivity contribution in [3.05, 3.63) is 41.4 Å². The minimum atomic E-state index is -4.48. The number of aromatic nitrogens is 4. The molecule has 0 saturated heterocycles. The molecule has 0 bridgehead atoms.